The molecule has 38 heavy (non-hydrogen) atoms. The van der Waals surface area contributed by atoms with E-state index >= 15 is 0 Å². The zero-order chi connectivity index (χ0) is 27.6. The van der Waals surface area contributed by atoms with Crippen LogP contribution >= 0.6 is 34.5 Å². The molecule has 1 fully saturated rings. The maximum Gasteiger partial charge on any atom is 0.350 e. The highest BCUT2D eigenvalue weighted by Gasteiger charge is 2.48. The van der Waals surface area contributed by atoms with Crippen LogP contribution in [0.5, 0.6) is 5.75 Å². The van der Waals surface area contributed by atoms with Crippen molar-refractivity contribution in [2.75, 3.05) is 18.6 Å². The smallest absolute Gasteiger partial charge is 0.350 e. The Morgan fingerprint density at radius 1 is 1.13 bits per heavy atom. The minimum Gasteiger partial charge on any atom is -0.507 e. The molecule has 1 aliphatic heterocycles. The molecule has 1 unspecified atom stereocenters. The molecule has 2 heterocycles. The number of aromatic nitrogens is 1. The molecule has 0 spiro atoms. The summed E-state index contributed by atoms with van der Waals surface area (Å²) in [6.45, 7) is 4.22. The molecule has 1 saturated heterocycles. The lowest BCUT2D eigenvalue weighted by Crippen LogP contribution is -2.29. The number of Topliss-reactive ketones (excluding diaryl/α,β-unsaturated/α-hetero) is 1. The SMILES string of the molecule is CCCCOc1ccc(C(O)=C2C(=O)C(=O)N(c3nc(C)c(C(=O)OC)s3)C2c2ccc(Cl)c(Cl)c2)cc1. The van der Waals surface area contributed by atoms with Crippen LogP contribution in [0, 0.1) is 6.92 Å². The fourth-order valence-corrected chi connectivity index (χ4v) is 5.31. The Kier molecular flexibility index (Phi) is 8.40. The zero-order valence-corrected chi connectivity index (χ0v) is 23.1. The Hall–Kier alpha value is -3.40. The highest BCUT2D eigenvalue weighted by molar-refractivity contribution is 7.17. The molecule has 1 aliphatic rings. The van der Waals surface area contributed by atoms with E-state index in [1.165, 1.54) is 19.2 Å². The number of halogens is 2. The van der Waals surface area contributed by atoms with Gasteiger partial charge in [0.2, 0.25) is 0 Å². The first kappa shape index (κ1) is 27.6. The standard InChI is InChI=1S/C27H24Cl2N2O6S/c1-4-5-12-37-17-9-6-15(7-10-17)22(32)20-21(16-8-11-18(28)19(29)13-16)31(25(34)23(20)33)27-30-14(2)24(38-27)26(35)36-3/h6-11,13,21,32H,4-5,12H2,1-3H3. The number of thiazole rings is 1. The molecule has 1 atom stereocenters. The number of rotatable bonds is 8. The van der Waals surface area contributed by atoms with Gasteiger partial charge in [0.1, 0.15) is 16.4 Å². The van der Waals surface area contributed by atoms with Crippen molar-refractivity contribution >= 4 is 63.1 Å². The van der Waals surface area contributed by atoms with Gasteiger partial charge in [-0.15, -0.1) is 0 Å². The van der Waals surface area contributed by atoms with Crippen LogP contribution in [0.25, 0.3) is 5.76 Å². The van der Waals surface area contributed by atoms with Gasteiger partial charge in [0.15, 0.2) is 5.13 Å². The number of carbonyl (C=O) groups excluding carboxylic acids is 3. The van der Waals surface area contributed by atoms with Gasteiger partial charge in [-0.3, -0.25) is 14.5 Å². The maximum atomic E-state index is 13.4. The van der Waals surface area contributed by atoms with E-state index in [9.17, 15) is 19.5 Å². The summed E-state index contributed by atoms with van der Waals surface area (Å²) in [5, 5.41) is 11.9. The third kappa shape index (κ3) is 5.27. The molecule has 0 bridgehead atoms. The van der Waals surface area contributed by atoms with Crippen LogP contribution in [-0.2, 0) is 14.3 Å². The van der Waals surface area contributed by atoms with Crippen LogP contribution in [0.2, 0.25) is 10.0 Å². The number of anilines is 1. The molecule has 0 aliphatic carbocycles. The Morgan fingerprint density at radius 2 is 1.84 bits per heavy atom. The van der Waals surface area contributed by atoms with E-state index in [-0.39, 0.29) is 31.4 Å². The minimum atomic E-state index is -1.08. The summed E-state index contributed by atoms with van der Waals surface area (Å²) in [5.41, 5.74) is 0.930. The number of methoxy groups -OCH3 is 1. The third-order valence-corrected chi connectivity index (χ3v) is 7.84. The first-order valence-electron chi connectivity index (χ1n) is 11.7. The van der Waals surface area contributed by atoms with Gasteiger partial charge in [-0.05, 0) is 55.3 Å². The van der Waals surface area contributed by atoms with E-state index in [0.717, 1.165) is 29.1 Å². The number of benzene rings is 2. The van der Waals surface area contributed by atoms with Crippen LogP contribution < -0.4 is 9.64 Å². The lowest BCUT2D eigenvalue weighted by Gasteiger charge is -2.23. The summed E-state index contributed by atoms with van der Waals surface area (Å²) in [7, 11) is 1.24. The molecule has 4 rings (SSSR count). The van der Waals surface area contributed by atoms with Gasteiger partial charge in [-0.1, -0.05) is 53.9 Å². The predicted octanol–water partition coefficient (Wildman–Crippen LogP) is 6.35. The number of nitrogens with zero attached hydrogens (tertiary/aromatic N) is 2. The number of unbranched alkanes of at least 4 members (excludes halogenated alkanes) is 1. The molecule has 2 aromatic carbocycles. The number of amides is 1. The molecule has 1 amide bonds. The van der Waals surface area contributed by atoms with Crippen molar-refractivity contribution in [3.05, 3.63) is 79.8 Å². The number of ether oxygens (including phenoxy) is 2. The molecule has 1 N–H and O–H groups in total. The van der Waals surface area contributed by atoms with Gasteiger partial charge in [0.25, 0.3) is 5.78 Å². The highest BCUT2D eigenvalue weighted by Crippen LogP contribution is 2.45. The highest BCUT2D eigenvalue weighted by atomic mass is 35.5. The molecule has 3 aromatic rings. The number of hydrogen-bond donors (Lipinski definition) is 1. The largest absolute Gasteiger partial charge is 0.507 e. The fraction of sp³-hybridized carbons (Fsp3) is 0.259. The predicted molar refractivity (Wildman–Crippen MR) is 146 cm³/mol. The van der Waals surface area contributed by atoms with E-state index in [4.69, 9.17) is 32.7 Å². The van der Waals surface area contributed by atoms with E-state index in [0.29, 0.717) is 29.2 Å². The number of aliphatic hydroxyl groups excluding tert-OH is 1. The summed E-state index contributed by atoms with van der Waals surface area (Å²) in [4.78, 5) is 44.6. The van der Waals surface area contributed by atoms with Crippen molar-refractivity contribution in [1.29, 1.82) is 0 Å². The van der Waals surface area contributed by atoms with Gasteiger partial charge in [-0.2, -0.15) is 0 Å². The minimum absolute atomic E-state index is 0.0970. The van der Waals surface area contributed by atoms with Crippen LogP contribution in [0.1, 0.15) is 52.3 Å². The number of esters is 1. The number of ketones is 1. The maximum absolute atomic E-state index is 13.4. The Balaban J connectivity index is 1.84. The van der Waals surface area contributed by atoms with E-state index in [2.05, 4.69) is 11.9 Å². The van der Waals surface area contributed by atoms with Gasteiger partial charge in [0, 0.05) is 5.56 Å². The van der Waals surface area contributed by atoms with Gasteiger partial charge >= 0.3 is 11.9 Å². The molecule has 1 aromatic heterocycles. The first-order valence-corrected chi connectivity index (χ1v) is 13.3. The van der Waals surface area contributed by atoms with E-state index in [1.807, 2.05) is 0 Å². The second-order valence-corrected chi connectivity index (χ2v) is 10.3. The number of aliphatic hydroxyl groups is 1. The molecule has 11 heteroatoms. The van der Waals surface area contributed by atoms with Gasteiger partial charge in [-0.25, -0.2) is 9.78 Å². The van der Waals surface area contributed by atoms with Crippen molar-refractivity contribution in [3.8, 4) is 5.75 Å². The monoisotopic (exact) mass is 574 g/mol. The van der Waals surface area contributed by atoms with E-state index < -0.39 is 23.7 Å². The molecular weight excluding hydrogens is 551 g/mol. The molecule has 8 nitrogen and oxygen atoms in total. The first-order chi connectivity index (χ1) is 18.2. The number of hydrogen-bond acceptors (Lipinski definition) is 8. The lowest BCUT2D eigenvalue weighted by molar-refractivity contribution is -0.132. The van der Waals surface area contributed by atoms with Crippen LogP contribution in [0.4, 0.5) is 5.13 Å². The number of aryl methyl sites for hydroxylation is 1. The zero-order valence-electron chi connectivity index (χ0n) is 20.8. The fourth-order valence-electron chi connectivity index (χ4n) is 3.99. The van der Waals surface area contributed by atoms with Gasteiger partial charge < -0.3 is 14.6 Å². The molecular formula is C27H24Cl2N2O6S. The molecule has 198 valence electrons. The van der Waals surface area contributed by atoms with Crippen LogP contribution in [-0.4, -0.2) is 41.5 Å². The van der Waals surface area contributed by atoms with Crippen molar-refractivity contribution in [1.82, 2.24) is 4.98 Å². The van der Waals surface area contributed by atoms with E-state index in [1.54, 1.807) is 37.3 Å². The third-order valence-electron chi connectivity index (χ3n) is 5.96. The van der Waals surface area contributed by atoms with Crippen molar-refractivity contribution in [3.63, 3.8) is 0 Å². The average molecular weight is 575 g/mol. The summed E-state index contributed by atoms with van der Waals surface area (Å²) >= 11 is 13.3. The van der Waals surface area contributed by atoms with Crippen molar-refractivity contribution < 1.29 is 29.0 Å². The van der Waals surface area contributed by atoms with Crippen LogP contribution in [0.15, 0.2) is 48.0 Å². The summed E-state index contributed by atoms with van der Waals surface area (Å²) in [6, 6.07) is 10.2. The van der Waals surface area contributed by atoms with Crippen LogP contribution in [0.3, 0.4) is 0 Å². The average Bonchev–Trinajstić information content (AvgIpc) is 3.42. The second-order valence-electron chi connectivity index (χ2n) is 8.47. The Morgan fingerprint density at radius 3 is 2.47 bits per heavy atom. The summed E-state index contributed by atoms with van der Waals surface area (Å²) < 4.78 is 10.5. The normalized spacial score (nSPS) is 16.7. The Labute approximate surface area is 233 Å². The topological polar surface area (TPSA) is 106 Å². The lowest BCUT2D eigenvalue weighted by atomic mass is 9.95. The van der Waals surface area contributed by atoms with Gasteiger partial charge in [0.05, 0.1) is 41.1 Å². The Bertz CT molecular complexity index is 1430. The summed E-state index contributed by atoms with van der Waals surface area (Å²) in [6.07, 6.45) is 1.90. The molecule has 0 saturated carbocycles. The molecule has 0 radical (unpaired) electrons. The second kappa shape index (κ2) is 11.6. The van der Waals surface area contributed by atoms with Crippen molar-refractivity contribution in [2.45, 2.75) is 32.7 Å². The quantitative estimate of drug-likeness (QED) is 0.110. The summed E-state index contributed by atoms with van der Waals surface area (Å²) in [5.74, 6) is -2.19. The number of carbonyl (C=O) groups is 3. The van der Waals surface area contributed by atoms with Crippen molar-refractivity contribution in [2.24, 2.45) is 0 Å².